The van der Waals surface area contributed by atoms with Crippen LogP contribution in [-0.2, 0) is 0 Å². The summed E-state index contributed by atoms with van der Waals surface area (Å²) >= 11 is 0. The summed E-state index contributed by atoms with van der Waals surface area (Å²) in [5, 5.41) is 0. The Labute approximate surface area is 59.4 Å². The molecule has 0 aliphatic rings. The van der Waals surface area contributed by atoms with Crippen LogP contribution in [0.4, 0.5) is 0 Å². The first kappa shape index (κ1) is 11.5. The monoisotopic (exact) mass is 129 g/mol. The summed E-state index contributed by atoms with van der Waals surface area (Å²) in [5.41, 5.74) is 0. The van der Waals surface area contributed by atoms with Gasteiger partial charge in [-0.2, -0.15) is 0 Å². The normalized spacial score (nSPS) is 8.11. The molecule has 0 aromatic carbocycles. The van der Waals surface area contributed by atoms with E-state index in [1.54, 1.807) is 0 Å². The summed E-state index contributed by atoms with van der Waals surface area (Å²) in [7, 11) is 6.00. The highest BCUT2D eigenvalue weighted by Gasteiger charge is 1.61. The molecule has 0 bridgehead atoms. The van der Waals surface area contributed by atoms with E-state index in [9.17, 15) is 0 Å². The van der Waals surface area contributed by atoms with Gasteiger partial charge in [-0.3, -0.25) is 0 Å². The number of rotatable bonds is 2. The maximum absolute atomic E-state index is 3.55. The molecule has 0 aliphatic carbocycles. The van der Waals surface area contributed by atoms with Crippen molar-refractivity contribution in [1.82, 2.24) is 4.90 Å². The number of unbranched alkanes of at least 4 members (excludes halogenated alkanes) is 1. The van der Waals surface area contributed by atoms with Crippen molar-refractivity contribution >= 4 is 0 Å². The first-order valence-electron chi connectivity index (χ1n) is 3.37. The van der Waals surface area contributed by atoms with Crippen molar-refractivity contribution in [2.75, 3.05) is 21.1 Å². The fourth-order valence-corrected chi connectivity index (χ4v) is 0.204. The fraction of sp³-hybridized carbons (Fsp3) is 0.750. The van der Waals surface area contributed by atoms with Gasteiger partial charge in [0.15, 0.2) is 0 Å². The Bertz CT molecular complexity index is 45.8. The zero-order valence-electron chi connectivity index (χ0n) is 7.15. The SMILES string of the molecule is C=CCCC.CN(C)C. The van der Waals surface area contributed by atoms with Crippen molar-refractivity contribution < 1.29 is 0 Å². The van der Waals surface area contributed by atoms with Crippen LogP contribution in [0.25, 0.3) is 0 Å². The minimum atomic E-state index is 1.15. The molecule has 0 unspecified atom stereocenters. The van der Waals surface area contributed by atoms with E-state index in [1.807, 2.05) is 32.1 Å². The molecule has 0 spiro atoms. The second-order valence-corrected chi connectivity index (χ2v) is 2.42. The Hall–Kier alpha value is -0.300. The van der Waals surface area contributed by atoms with Crippen molar-refractivity contribution in [2.24, 2.45) is 0 Å². The van der Waals surface area contributed by atoms with Gasteiger partial charge in [0.1, 0.15) is 0 Å². The van der Waals surface area contributed by atoms with Crippen LogP contribution in [0.15, 0.2) is 12.7 Å². The second-order valence-electron chi connectivity index (χ2n) is 2.42. The van der Waals surface area contributed by atoms with Gasteiger partial charge >= 0.3 is 0 Å². The number of nitrogens with zero attached hydrogens (tertiary/aromatic N) is 1. The zero-order chi connectivity index (χ0) is 7.70. The molecule has 0 amide bonds. The molecule has 0 radical (unpaired) electrons. The highest BCUT2D eigenvalue weighted by molar-refractivity contribution is 4.63. The summed E-state index contributed by atoms with van der Waals surface area (Å²) in [6.07, 6.45) is 4.31. The van der Waals surface area contributed by atoms with Crippen molar-refractivity contribution in [3.05, 3.63) is 12.7 Å². The summed E-state index contributed by atoms with van der Waals surface area (Å²) in [6.45, 7) is 5.69. The quantitative estimate of drug-likeness (QED) is 0.516. The van der Waals surface area contributed by atoms with Gasteiger partial charge in [0.05, 0.1) is 0 Å². The van der Waals surface area contributed by atoms with Crippen LogP contribution < -0.4 is 0 Å². The fourth-order valence-electron chi connectivity index (χ4n) is 0.204. The van der Waals surface area contributed by atoms with E-state index in [4.69, 9.17) is 0 Å². The van der Waals surface area contributed by atoms with Crippen LogP contribution in [0, 0.1) is 0 Å². The van der Waals surface area contributed by atoms with Gasteiger partial charge in [-0.1, -0.05) is 19.4 Å². The summed E-state index contributed by atoms with van der Waals surface area (Å²) in [4.78, 5) is 2.00. The predicted octanol–water partition coefficient (Wildman–Crippen LogP) is 2.15. The molecule has 0 N–H and O–H groups in total. The molecule has 0 aromatic rings. The lowest BCUT2D eigenvalue weighted by molar-refractivity contribution is 0.505. The van der Waals surface area contributed by atoms with Crippen LogP contribution >= 0.6 is 0 Å². The molecule has 9 heavy (non-hydrogen) atoms. The molecule has 0 atom stereocenters. The van der Waals surface area contributed by atoms with Crippen molar-refractivity contribution in [3.8, 4) is 0 Å². The van der Waals surface area contributed by atoms with Gasteiger partial charge < -0.3 is 4.90 Å². The Morgan fingerprint density at radius 1 is 1.33 bits per heavy atom. The summed E-state index contributed by atoms with van der Waals surface area (Å²) in [6, 6.07) is 0. The molecule has 56 valence electrons. The second kappa shape index (κ2) is 10.6. The van der Waals surface area contributed by atoms with Crippen LogP contribution in [-0.4, -0.2) is 26.0 Å². The van der Waals surface area contributed by atoms with Gasteiger partial charge in [0.2, 0.25) is 0 Å². The van der Waals surface area contributed by atoms with Crippen molar-refractivity contribution in [1.29, 1.82) is 0 Å². The van der Waals surface area contributed by atoms with Crippen molar-refractivity contribution in [3.63, 3.8) is 0 Å². The Morgan fingerprint density at radius 3 is 1.67 bits per heavy atom. The van der Waals surface area contributed by atoms with Crippen LogP contribution in [0.2, 0.25) is 0 Å². The molecule has 0 aliphatic heterocycles. The smallest absolute Gasteiger partial charge is 0.0140 e. The third-order valence-corrected chi connectivity index (χ3v) is 0.493. The highest BCUT2D eigenvalue weighted by Crippen LogP contribution is 1.82. The number of hydrogen-bond acceptors (Lipinski definition) is 1. The Balaban J connectivity index is 0. The molecule has 0 rings (SSSR count). The lowest BCUT2D eigenvalue weighted by Crippen LogP contribution is -1.99. The largest absolute Gasteiger partial charge is 0.312 e. The van der Waals surface area contributed by atoms with E-state index < -0.39 is 0 Å². The molecule has 0 aromatic heterocycles. The predicted molar refractivity (Wildman–Crippen MR) is 44.7 cm³/mol. The lowest BCUT2D eigenvalue weighted by atomic mass is 10.3. The maximum Gasteiger partial charge on any atom is -0.0140 e. The van der Waals surface area contributed by atoms with E-state index in [0.717, 1.165) is 6.42 Å². The molecule has 0 saturated heterocycles. The number of allylic oxidation sites excluding steroid dienone is 1. The molecule has 0 heterocycles. The average Bonchev–Trinajstić information content (AvgIpc) is 1.66. The topological polar surface area (TPSA) is 3.24 Å². The van der Waals surface area contributed by atoms with E-state index >= 15 is 0 Å². The van der Waals surface area contributed by atoms with E-state index in [0.29, 0.717) is 0 Å². The van der Waals surface area contributed by atoms with Crippen molar-refractivity contribution in [2.45, 2.75) is 19.8 Å². The molecule has 0 saturated carbocycles. The maximum atomic E-state index is 3.55. The standard InChI is InChI=1S/C5H10.C3H9N/c1-3-5-4-2;1-4(2)3/h3H,1,4-5H2,2H3;1-3H3. The van der Waals surface area contributed by atoms with Crippen LogP contribution in [0.5, 0.6) is 0 Å². The first-order chi connectivity index (χ1) is 4.15. The van der Waals surface area contributed by atoms with Crippen LogP contribution in [0.1, 0.15) is 19.8 Å². The molecular formula is C8H19N. The average molecular weight is 129 g/mol. The molecule has 1 nitrogen and oxygen atoms in total. The van der Waals surface area contributed by atoms with Gasteiger partial charge in [-0.05, 0) is 27.6 Å². The zero-order valence-corrected chi connectivity index (χ0v) is 7.15. The minimum absolute atomic E-state index is 1.15. The highest BCUT2D eigenvalue weighted by atomic mass is 15.0. The van der Waals surface area contributed by atoms with E-state index in [1.165, 1.54) is 6.42 Å². The first-order valence-corrected chi connectivity index (χ1v) is 3.37. The summed E-state index contributed by atoms with van der Waals surface area (Å²) < 4.78 is 0. The van der Waals surface area contributed by atoms with Gasteiger partial charge in [0, 0.05) is 0 Å². The lowest BCUT2D eigenvalue weighted by Gasteiger charge is -1.90. The Kier molecular flexibility index (Phi) is 13.6. The van der Waals surface area contributed by atoms with Gasteiger partial charge in [-0.25, -0.2) is 0 Å². The summed E-state index contributed by atoms with van der Waals surface area (Å²) in [5.74, 6) is 0. The minimum Gasteiger partial charge on any atom is -0.312 e. The van der Waals surface area contributed by atoms with E-state index in [-0.39, 0.29) is 0 Å². The molecule has 0 fully saturated rings. The molecule has 1 heteroatoms. The molecular weight excluding hydrogens is 110 g/mol. The van der Waals surface area contributed by atoms with E-state index in [2.05, 4.69) is 13.5 Å². The van der Waals surface area contributed by atoms with Gasteiger partial charge in [0.25, 0.3) is 0 Å². The Morgan fingerprint density at radius 2 is 1.67 bits per heavy atom. The van der Waals surface area contributed by atoms with Gasteiger partial charge in [-0.15, -0.1) is 6.58 Å². The third-order valence-electron chi connectivity index (χ3n) is 0.493. The number of hydrogen-bond donors (Lipinski definition) is 0. The third kappa shape index (κ3) is 86.6. The van der Waals surface area contributed by atoms with Crippen LogP contribution in [0.3, 0.4) is 0 Å².